The third-order valence-corrected chi connectivity index (χ3v) is 3.09. The highest BCUT2D eigenvalue weighted by Crippen LogP contribution is 2.25. The van der Waals surface area contributed by atoms with Gasteiger partial charge < -0.3 is 19.5 Å². The van der Waals surface area contributed by atoms with Gasteiger partial charge in [0.25, 0.3) is 0 Å². The second kappa shape index (κ2) is 6.09. The molecule has 1 aliphatic heterocycles. The number of hydrogen-bond acceptors (Lipinski definition) is 6. The van der Waals surface area contributed by atoms with Crippen LogP contribution in [0.15, 0.2) is 23.9 Å². The molecule has 0 spiro atoms. The van der Waals surface area contributed by atoms with E-state index in [2.05, 4.69) is 5.32 Å². The van der Waals surface area contributed by atoms with Crippen molar-refractivity contribution < 1.29 is 23.8 Å². The van der Waals surface area contributed by atoms with E-state index in [1.807, 2.05) is 25.2 Å². The molecule has 0 saturated carbocycles. The Kier molecular flexibility index (Phi) is 4.44. The summed E-state index contributed by atoms with van der Waals surface area (Å²) in [5.41, 5.74) is 0.892. The maximum Gasteiger partial charge on any atom is 0.303 e. The first-order chi connectivity index (χ1) is 9.45. The summed E-state index contributed by atoms with van der Waals surface area (Å²) in [6.45, 7) is 4.55. The van der Waals surface area contributed by atoms with E-state index in [-0.39, 0.29) is 6.10 Å². The van der Waals surface area contributed by atoms with Crippen LogP contribution in [0.1, 0.15) is 27.2 Å². The van der Waals surface area contributed by atoms with Gasteiger partial charge in [0, 0.05) is 26.0 Å². The average Bonchev–Trinajstić information content (AvgIpc) is 2.26. The molecule has 0 unspecified atom stereocenters. The van der Waals surface area contributed by atoms with Crippen LogP contribution in [0, 0.1) is 0 Å². The predicted molar refractivity (Wildman–Crippen MR) is 70.4 cm³/mol. The van der Waals surface area contributed by atoms with Crippen molar-refractivity contribution in [3.8, 4) is 0 Å². The van der Waals surface area contributed by atoms with E-state index < -0.39 is 30.4 Å². The molecular weight excluding hydrogens is 262 g/mol. The minimum Gasteiger partial charge on any atom is -0.458 e. The molecule has 2 rings (SSSR count). The topological polar surface area (TPSA) is 73.9 Å². The Morgan fingerprint density at radius 3 is 2.45 bits per heavy atom. The Bertz CT molecular complexity index is 456. The van der Waals surface area contributed by atoms with Crippen molar-refractivity contribution in [2.45, 2.75) is 51.7 Å². The van der Waals surface area contributed by atoms with Crippen molar-refractivity contribution in [2.24, 2.45) is 0 Å². The molecule has 0 radical (unpaired) electrons. The van der Waals surface area contributed by atoms with Gasteiger partial charge in [0.05, 0.1) is 6.10 Å². The van der Waals surface area contributed by atoms with E-state index in [4.69, 9.17) is 14.2 Å². The summed E-state index contributed by atoms with van der Waals surface area (Å²) in [7, 11) is 0. The molecule has 0 bridgehead atoms. The molecular formula is C14H19NO5. The first-order valence-electron chi connectivity index (χ1n) is 6.60. The minimum atomic E-state index is -0.664. The number of ether oxygens (including phenoxy) is 3. The summed E-state index contributed by atoms with van der Waals surface area (Å²) in [4.78, 5) is 22.5. The zero-order valence-corrected chi connectivity index (χ0v) is 11.8. The molecule has 4 atom stereocenters. The third kappa shape index (κ3) is 3.60. The van der Waals surface area contributed by atoms with E-state index >= 15 is 0 Å². The van der Waals surface area contributed by atoms with Crippen molar-refractivity contribution in [1.29, 1.82) is 0 Å². The van der Waals surface area contributed by atoms with Crippen molar-refractivity contribution in [3.63, 3.8) is 0 Å². The molecule has 1 saturated heterocycles. The van der Waals surface area contributed by atoms with Gasteiger partial charge in [0.15, 0.2) is 12.3 Å². The van der Waals surface area contributed by atoms with E-state index in [0.29, 0.717) is 6.42 Å². The molecule has 0 aromatic rings. The largest absolute Gasteiger partial charge is 0.458 e. The van der Waals surface area contributed by atoms with E-state index in [0.717, 1.165) is 5.70 Å². The number of carbonyl (C=O) groups excluding carboxylic acids is 2. The zero-order valence-electron chi connectivity index (χ0n) is 11.8. The number of rotatable bonds is 4. The monoisotopic (exact) mass is 281 g/mol. The van der Waals surface area contributed by atoms with Crippen molar-refractivity contribution in [1.82, 2.24) is 5.32 Å². The van der Waals surface area contributed by atoms with Crippen LogP contribution >= 0.6 is 0 Å². The summed E-state index contributed by atoms with van der Waals surface area (Å²) >= 11 is 0. The molecule has 1 fully saturated rings. The maximum absolute atomic E-state index is 11.3. The average molecular weight is 281 g/mol. The lowest BCUT2D eigenvalue weighted by atomic mass is 10.0. The Labute approximate surface area is 117 Å². The van der Waals surface area contributed by atoms with Crippen LogP contribution in [0.3, 0.4) is 0 Å². The summed E-state index contributed by atoms with van der Waals surface area (Å²) in [6.07, 6.45) is 4.33. The summed E-state index contributed by atoms with van der Waals surface area (Å²) in [6, 6.07) is 0. The standard InChI is InChI=1S/C14H19NO5/c1-8-7-12(19-9(2)16)13(20-10(3)17)14(18-8)15-11-5-4-6-11/h4-6,8,12-15H,7H2,1-3H3/t8-,12+,13-,14-/m0/s1. The minimum absolute atomic E-state index is 0.103. The normalized spacial score (nSPS) is 31.9. The Hall–Kier alpha value is -1.82. The second-order valence-corrected chi connectivity index (χ2v) is 4.95. The third-order valence-electron chi connectivity index (χ3n) is 3.09. The lowest BCUT2D eigenvalue weighted by molar-refractivity contribution is -0.208. The fourth-order valence-corrected chi connectivity index (χ4v) is 2.27. The highest BCUT2D eigenvalue weighted by atomic mass is 16.6. The van der Waals surface area contributed by atoms with E-state index in [1.165, 1.54) is 13.8 Å². The lowest BCUT2D eigenvalue weighted by Crippen LogP contribution is -2.56. The van der Waals surface area contributed by atoms with Crippen LogP contribution in [0.5, 0.6) is 0 Å². The van der Waals surface area contributed by atoms with Crippen LogP contribution in [0.25, 0.3) is 0 Å². The molecule has 2 aliphatic rings. The predicted octanol–water partition coefficient (Wildman–Crippen LogP) is 1.03. The summed E-state index contributed by atoms with van der Waals surface area (Å²) in [5, 5.41) is 3.13. The Balaban J connectivity index is 2.11. The molecule has 0 aromatic heterocycles. The maximum atomic E-state index is 11.3. The van der Waals surface area contributed by atoms with Gasteiger partial charge >= 0.3 is 11.9 Å². The first-order valence-corrected chi connectivity index (χ1v) is 6.60. The summed E-state index contributed by atoms with van der Waals surface area (Å²) < 4.78 is 16.3. The molecule has 1 aliphatic carbocycles. The number of hydrogen-bond donors (Lipinski definition) is 1. The fourth-order valence-electron chi connectivity index (χ4n) is 2.27. The molecule has 1 heterocycles. The molecule has 6 nitrogen and oxygen atoms in total. The Morgan fingerprint density at radius 2 is 1.95 bits per heavy atom. The van der Waals surface area contributed by atoms with Gasteiger partial charge in [-0.25, -0.2) is 0 Å². The number of allylic oxidation sites excluding steroid dienone is 3. The number of carbonyl (C=O) groups is 2. The quantitative estimate of drug-likeness (QED) is 0.776. The van der Waals surface area contributed by atoms with E-state index in [9.17, 15) is 9.59 Å². The fraction of sp³-hybridized carbons (Fsp3) is 0.571. The molecule has 6 heteroatoms. The number of nitrogens with one attached hydrogen (secondary N) is 1. The van der Waals surface area contributed by atoms with Gasteiger partial charge in [-0.05, 0) is 19.1 Å². The highest BCUT2D eigenvalue weighted by molar-refractivity contribution is 5.67. The van der Waals surface area contributed by atoms with Crippen molar-refractivity contribution in [3.05, 3.63) is 23.9 Å². The molecule has 1 N–H and O–H groups in total. The SMILES string of the molecule is CC(=O)O[C@H]1[C@H](OC(C)=O)C[C@H](C)O[C@@H]1NC1=CC=C1. The molecule has 20 heavy (non-hydrogen) atoms. The van der Waals surface area contributed by atoms with Gasteiger partial charge in [-0.3, -0.25) is 9.59 Å². The second-order valence-electron chi connectivity index (χ2n) is 4.95. The van der Waals surface area contributed by atoms with Crippen LogP contribution in [-0.4, -0.2) is 36.5 Å². The first kappa shape index (κ1) is 14.6. The van der Waals surface area contributed by atoms with Gasteiger partial charge in [0.2, 0.25) is 0 Å². The van der Waals surface area contributed by atoms with Crippen LogP contribution in [0.4, 0.5) is 0 Å². The molecule has 0 amide bonds. The number of esters is 2. The highest BCUT2D eigenvalue weighted by Gasteiger charge is 2.42. The van der Waals surface area contributed by atoms with Crippen LogP contribution < -0.4 is 5.32 Å². The van der Waals surface area contributed by atoms with Crippen LogP contribution in [-0.2, 0) is 23.8 Å². The molecule has 0 aromatic carbocycles. The van der Waals surface area contributed by atoms with Crippen molar-refractivity contribution >= 4 is 11.9 Å². The van der Waals surface area contributed by atoms with Crippen molar-refractivity contribution in [2.75, 3.05) is 0 Å². The Morgan fingerprint density at radius 1 is 1.30 bits per heavy atom. The summed E-state index contributed by atoms with van der Waals surface area (Å²) in [5.74, 6) is -0.835. The van der Waals surface area contributed by atoms with E-state index in [1.54, 1.807) is 0 Å². The lowest BCUT2D eigenvalue weighted by Gasteiger charge is -2.40. The smallest absolute Gasteiger partial charge is 0.303 e. The van der Waals surface area contributed by atoms with Gasteiger partial charge in [-0.2, -0.15) is 0 Å². The van der Waals surface area contributed by atoms with Gasteiger partial charge in [-0.15, -0.1) is 0 Å². The molecule has 110 valence electrons. The van der Waals surface area contributed by atoms with Crippen LogP contribution in [0.2, 0.25) is 0 Å². The van der Waals surface area contributed by atoms with Gasteiger partial charge in [0.1, 0.15) is 6.10 Å². The van der Waals surface area contributed by atoms with Gasteiger partial charge in [-0.1, -0.05) is 6.08 Å². The zero-order chi connectivity index (χ0) is 14.7.